The number of pyridine rings is 1. The van der Waals surface area contributed by atoms with Gasteiger partial charge in [0.1, 0.15) is 5.60 Å². The third-order valence-corrected chi connectivity index (χ3v) is 2.19. The van der Waals surface area contributed by atoms with Gasteiger partial charge in [-0.2, -0.15) is 0 Å². The molecule has 0 bridgehead atoms. The van der Waals surface area contributed by atoms with Crippen LogP contribution in [0.2, 0.25) is 0 Å². The van der Waals surface area contributed by atoms with Crippen LogP contribution in [0.25, 0.3) is 6.08 Å². The fraction of sp³-hybridized carbons (Fsp3) is 0.273. The van der Waals surface area contributed by atoms with Crippen molar-refractivity contribution in [2.75, 3.05) is 0 Å². The number of hydrogen-bond acceptors (Lipinski definition) is 4. The number of ketones is 1. The molecule has 1 rings (SSSR count). The molecule has 17 heavy (non-hydrogen) atoms. The normalized spacial score (nSPS) is 10.6. The second-order valence-corrected chi connectivity index (χ2v) is 4.61. The predicted molar refractivity (Wildman–Crippen MR) is 64.2 cm³/mol. The summed E-state index contributed by atoms with van der Waals surface area (Å²) in [5.74, 6) is -0.331. The Morgan fingerprint density at radius 1 is 1.47 bits per heavy atom. The van der Waals surface area contributed by atoms with E-state index >= 15 is 0 Å². The van der Waals surface area contributed by atoms with E-state index in [1.54, 1.807) is 18.5 Å². The molecule has 2 N–H and O–H groups in total. The van der Waals surface area contributed by atoms with Crippen molar-refractivity contribution in [3.63, 3.8) is 0 Å². The van der Waals surface area contributed by atoms with Crippen LogP contribution in [0.1, 0.15) is 19.4 Å². The van der Waals surface area contributed by atoms with Crippen LogP contribution >= 0.6 is 15.9 Å². The van der Waals surface area contributed by atoms with Crippen LogP contribution in [0.4, 0.5) is 0 Å². The van der Waals surface area contributed by atoms with Crippen molar-refractivity contribution in [3.05, 3.63) is 34.6 Å². The van der Waals surface area contributed by atoms with Crippen LogP contribution in [0.15, 0.2) is 29.0 Å². The average molecular weight is 310 g/mol. The van der Waals surface area contributed by atoms with Gasteiger partial charge >= 0.3 is 29.6 Å². The molecule has 0 aliphatic heterocycles. The van der Waals surface area contributed by atoms with Crippen molar-refractivity contribution in [3.8, 4) is 0 Å². The maximum atomic E-state index is 11.4. The Morgan fingerprint density at radius 2 is 2.06 bits per heavy atom. The fourth-order valence-electron chi connectivity index (χ4n) is 0.895. The molecule has 0 aliphatic rings. The Hall–Kier alpha value is -0.0400. The van der Waals surface area contributed by atoms with Gasteiger partial charge in [-0.05, 0) is 53.6 Å². The summed E-state index contributed by atoms with van der Waals surface area (Å²) in [4.78, 5) is 15.3. The molecule has 6 heteroatoms. The molecule has 0 radical (unpaired) electrons. The maximum absolute atomic E-state index is 11.4. The third kappa shape index (κ3) is 7.08. The van der Waals surface area contributed by atoms with E-state index < -0.39 is 5.60 Å². The van der Waals surface area contributed by atoms with E-state index in [2.05, 4.69) is 20.9 Å². The van der Waals surface area contributed by atoms with Gasteiger partial charge in [0.15, 0.2) is 5.78 Å². The number of carbonyl (C=O) groups is 1. The van der Waals surface area contributed by atoms with E-state index in [1.807, 2.05) is 6.07 Å². The van der Waals surface area contributed by atoms with Crippen molar-refractivity contribution in [2.24, 2.45) is 0 Å². The summed E-state index contributed by atoms with van der Waals surface area (Å²) in [6, 6.07) is 1.83. The minimum atomic E-state index is -1.32. The molecule has 0 atom stereocenters. The second kappa shape index (κ2) is 8.13. The summed E-state index contributed by atoms with van der Waals surface area (Å²) in [5, 5.41) is 9.39. The summed E-state index contributed by atoms with van der Waals surface area (Å²) in [5.41, 5.74) is -0.516. The molecule has 0 saturated carbocycles. The molecular weight excluding hydrogens is 297 g/mol. The Balaban J connectivity index is 0. The predicted octanol–water partition coefficient (Wildman–Crippen LogP) is -0.976. The van der Waals surface area contributed by atoms with Crippen LogP contribution in [0.3, 0.4) is 0 Å². The number of hydrogen-bond donors (Lipinski definition) is 1. The van der Waals surface area contributed by atoms with Crippen molar-refractivity contribution in [1.82, 2.24) is 4.98 Å². The van der Waals surface area contributed by atoms with Crippen LogP contribution in [0.5, 0.6) is 0 Å². The molecule has 0 fully saturated rings. The zero-order valence-corrected chi connectivity index (χ0v) is 13.6. The summed E-state index contributed by atoms with van der Waals surface area (Å²) in [6.45, 7) is 2.91. The number of halogens is 1. The molecule has 0 aliphatic carbocycles. The molecule has 1 aromatic rings. The van der Waals surface area contributed by atoms with Gasteiger partial charge in [0.25, 0.3) is 0 Å². The van der Waals surface area contributed by atoms with Crippen molar-refractivity contribution in [1.29, 1.82) is 0 Å². The molecule has 1 aromatic heterocycles. The summed E-state index contributed by atoms with van der Waals surface area (Å²) in [6.07, 6.45) is 6.27. The van der Waals surface area contributed by atoms with Gasteiger partial charge in [0.05, 0.1) is 0 Å². The van der Waals surface area contributed by atoms with E-state index in [0.717, 1.165) is 10.0 Å². The van der Waals surface area contributed by atoms with Crippen molar-refractivity contribution in [2.45, 2.75) is 19.4 Å². The van der Waals surface area contributed by atoms with Gasteiger partial charge in [-0.1, -0.05) is 0 Å². The van der Waals surface area contributed by atoms with E-state index in [4.69, 9.17) is 0 Å². The van der Waals surface area contributed by atoms with Gasteiger partial charge in [0, 0.05) is 16.9 Å². The second-order valence-electron chi connectivity index (χ2n) is 3.69. The van der Waals surface area contributed by atoms with Crippen molar-refractivity contribution >= 4 is 27.8 Å². The van der Waals surface area contributed by atoms with E-state index in [9.17, 15) is 9.90 Å². The Kier molecular flexibility index (Phi) is 9.23. The molecule has 0 unspecified atom stereocenters. The number of rotatable bonds is 3. The van der Waals surface area contributed by atoms with E-state index in [1.165, 1.54) is 19.9 Å². The molecular formula is C11H13BrNNaO3. The Labute approximate surface area is 131 Å². The van der Waals surface area contributed by atoms with Crippen molar-refractivity contribution < 1.29 is 44.9 Å². The number of aliphatic hydroxyl groups is 1. The van der Waals surface area contributed by atoms with Crippen LogP contribution < -0.4 is 29.6 Å². The zero-order chi connectivity index (χ0) is 11.5. The van der Waals surface area contributed by atoms with Crippen LogP contribution in [0, 0.1) is 0 Å². The van der Waals surface area contributed by atoms with Gasteiger partial charge in [-0.15, -0.1) is 0 Å². The Morgan fingerprint density at radius 3 is 2.53 bits per heavy atom. The molecule has 0 amide bonds. The number of nitrogens with zero attached hydrogens (tertiary/aromatic N) is 1. The van der Waals surface area contributed by atoms with Gasteiger partial charge < -0.3 is 10.6 Å². The smallest absolute Gasteiger partial charge is 0.870 e. The van der Waals surface area contributed by atoms with E-state index in [-0.39, 0.29) is 40.8 Å². The van der Waals surface area contributed by atoms with Crippen LogP contribution in [-0.4, -0.2) is 27.0 Å². The molecule has 4 nitrogen and oxygen atoms in total. The number of carbonyl (C=O) groups excluding carboxylic acids is 1. The standard InChI is InChI=1S/C11H12BrNO2.Na.H2O/c1-11(2,15)10(14)4-3-8-5-9(12)7-13-6-8;;/h3-7,15H,1-2H3;;1H2/q;+1;/p-1/b4-3+;;. The quantitative estimate of drug-likeness (QED) is 0.575. The average Bonchev–Trinajstić information content (AvgIpc) is 2.12. The first-order valence-electron chi connectivity index (χ1n) is 4.45. The van der Waals surface area contributed by atoms with Crippen LogP contribution in [-0.2, 0) is 4.79 Å². The third-order valence-electron chi connectivity index (χ3n) is 1.76. The fourth-order valence-corrected chi connectivity index (χ4v) is 1.28. The van der Waals surface area contributed by atoms with E-state index in [0.29, 0.717) is 0 Å². The Bertz CT molecular complexity index is 402. The molecule has 0 spiro atoms. The summed E-state index contributed by atoms with van der Waals surface area (Å²) in [7, 11) is 0. The summed E-state index contributed by atoms with van der Waals surface area (Å²) < 4.78 is 0.848. The monoisotopic (exact) mass is 309 g/mol. The maximum Gasteiger partial charge on any atom is 1.00 e. The topological polar surface area (TPSA) is 80.2 Å². The molecule has 0 aromatic carbocycles. The number of aromatic nitrogens is 1. The van der Waals surface area contributed by atoms with Gasteiger partial charge in [0.2, 0.25) is 0 Å². The molecule has 88 valence electrons. The molecule has 0 saturated heterocycles. The summed E-state index contributed by atoms with van der Waals surface area (Å²) >= 11 is 3.28. The first-order valence-corrected chi connectivity index (χ1v) is 5.24. The van der Waals surface area contributed by atoms with Gasteiger partial charge in [-0.25, -0.2) is 0 Å². The minimum Gasteiger partial charge on any atom is -0.870 e. The zero-order valence-electron chi connectivity index (χ0n) is 10.0. The van der Waals surface area contributed by atoms with Gasteiger partial charge in [-0.3, -0.25) is 9.78 Å². The first-order chi connectivity index (χ1) is 6.89. The molecule has 1 heterocycles. The largest absolute Gasteiger partial charge is 1.00 e. The SMILES string of the molecule is CC(C)(O)C(=O)/C=C/c1cncc(Br)c1.[Na+].[OH-]. The minimum absolute atomic E-state index is 0. The first kappa shape index (κ1) is 19.3.